The topological polar surface area (TPSA) is 122 Å². The van der Waals surface area contributed by atoms with Gasteiger partial charge in [0.2, 0.25) is 0 Å². The lowest BCUT2D eigenvalue weighted by atomic mass is 10.1. The van der Waals surface area contributed by atoms with E-state index >= 15 is 0 Å². The first-order valence-corrected chi connectivity index (χ1v) is 8.72. The molecular weight excluding hydrogens is 402 g/mol. The molecule has 0 fully saturated rings. The van der Waals surface area contributed by atoms with Gasteiger partial charge in [-0.3, -0.25) is 14.4 Å². The third-order valence-electron chi connectivity index (χ3n) is 4.25. The van der Waals surface area contributed by atoms with E-state index in [9.17, 15) is 23.2 Å². The Morgan fingerprint density at radius 2 is 2.07 bits per heavy atom. The van der Waals surface area contributed by atoms with Gasteiger partial charge in [-0.2, -0.15) is 8.78 Å². The highest BCUT2D eigenvalue weighted by molar-refractivity contribution is 5.95. The zero-order chi connectivity index (χ0) is 21.3. The van der Waals surface area contributed by atoms with Gasteiger partial charge in [-0.15, -0.1) is 0 Å². The van der Waals surface area contributed by atoms with Crippen LogP contribution in [0.4, 0.5) is 14.5 Å². The molecule has 0 atom stereocenters. The summed E-state index contributed by atoms with van der Waals surface area (Å²) < 4.78 is 34.2. The van der Waals surface area contributed by atoms with Crippen LogP contribution in [0.5, 0.6) is 11.5 Å². The van der Waals surface area contributed by atoms with Crippen LogP contribution in [0.15, 0.2) is 41.2 Å². The Labute approximate surface area is 167 Å². The lowest BCUT2D eigenvalue weighted by molar-refractivity contribution is -0.118. The van der Waals surface area contributed by atoms with E-state index in [-0.39, 0.29) is 41.5 Å². The summed E-state index contributed by atoms with van der Waals surface area (Å²) >= 11 is 0. The second-order valence-corrected chi connectivity index (χ2v) is 6.32. The molecule has 154 valence electrons. The van der Waals surface area contributed by atoms with Crippen molar-refractivity contribution in [1.29, 1.82) is 0 Å². The monoisotopic (exact) mass is 416 g/mol. The number of hydrogen-bond acceptors (Lipinski definition) is 6. The van der Waals surface area contributed by atoms with E-state index in [2.05, 4.69) is 25.3 Å². The van der Waals surface area contributed by atoms with Crippen LogP contribution in [-0.2, 0) is 11.3 Å². The SMILES string of the molecule is O=C1COc2ccc(CNC(=O)c3nc4ccc(OC(F)F)cc4c(=O)[nH]3)cc2N1. The quantitative estimate of drug-likeness (QED) is 0.583. The number of ether oxygens (including phenoxy) is 2. The van der Waals surface area contributed by atoms with Crippen molar-refractivity contribution in [3.8, 4) is 11.5 Å². The van der Waals surface area contributed by atoms with Crippen LogP contribution in [0.25, 0.3) is 10.9 Å². The summed E-state index contributed by atoms with van der Waals surface area (Å²) in [5, 5.41) is 5.29. The molecule has 2 aromatic carbocycles. The minimum Gasteiger partial charge on any atom is -0.482 e. The molecule has 1 aromatic heterocycles. The number of benzene rings is 2. The average molecular weight is 416 g/mol. The number of halogens is 2. The van der Waals surface area contributed by atoms with E-state index in [0.29, 0.717) is 17.0 Å². The third kappa shape index (κ3) is 4.04. The van der Waals surface area contributed by atoms with Crippen LogP contribution >= 0.6 is 0 Å². The number of alkyl halides is 2. The summed E-state index contributed by atoms with van der Waals surface area (Å²) in [5.41, 5.74) is 0.666. The Bertz CT molecular complexity index is 1210. The summed E-state index contributed by atoms with van der Waals surface area (Å²) in [7, 11) is 0. The molecule has 1 aliphatic heterocycles. The Hall–Kier alpha value is -4.02. The number of fused-ring (bicyclic) bond motifs is 2. The van der Waals surface area contributed by atoms with Gasteiger partial charge in [-0.05, 0) is 35.9 Å². The number of nitrogens with zero attached hydrogens (tertiary/aromatic N) is 1. The molecule has 3 aromatic rings. The van der Waals surface area contributed by atoms with Gasteiger partial charge in [-0.25, -0.2) is 4.98 Å². The maximum Gasteiger partial charge on any atom is 0.387 e. The third-order valence-corrected chi connectivity index (χ3v) is 4.25. The lowest BCUT2D eigenvalue weighted by Crippen LogP contribution is -2.28. The fourth-order valence-corrected chi connectivity index (χ4v) is 2.91. The van der Waals surface area contributed by atoms with Gasteiger partial charge in [0.25, 0.3) is 17.4 Å². The van der Waals surface area contributed by atoms with Gasteiger partial charge >= 0.3 is 6.61 Å². The number of hydrogen-bond donors (Lipinski definition) is 3. The Morgan fingerprint density at radius 3 is 2.87 bits per heavy atom. The maximum absolute atomic E-state index is 12.4. The van der Waals surface area contributed by atoms with Crippen molar-refractivity contribution < 1.29 is 27.8 Å². The molecule has 0 aliphatic carbocycles. The summed E-state index contributed by atoms with van der Waals surface area (Å²) in [4.78, 5) is 42.4. The van der Waals surface area contributed by atoms with Crippen molar-refractivity contribution in [3.05, 3.63) is 58.1 Å². The average Bonchev–Trinajstić information content (AvgIpc) is 2.71. The highest BCUT2D eigenvalue weighted by atomic mass is 19.3. The molecular formula is C19H14F2N4O5. The number of carbonyl (C=O) groups excluding carboxylic acids is 2. The van der Waals surface area contributed by atoms with Crippen LogP contribution in [0.2, 0.25) is 0 Å². The fraction of sp³-hybridized carbons (Fsp3) is 0.158. The lowest BCUT2D eigenvalue weighted by Gasteiger charge is -2.18. The predicted molar refractivity (Wildman–Crippen MR) is 101 cm³/mol. The van der Waals surface area contributed by atoms with Crippen molar-refractivity contribution in [2.24, 2.45) is 0 Å². The second-order valence-electron chi connectivity index (χ2n) is 6.32. The molecule has 0 radical (unpaired) electrons. The minimum absolute atomic E-state index is 0.00938. The summed E-state index contributed by atoms with van der Waals surface area (Å²) in [6.07, 6.45) is 0. The highest BCUT2D eigenvalue weighted by Gasteiger charge is 2.17. The standard InChI is InChI=1S/C19H14F2N4O5/c20-19(21)30-10-2-3-12-11(6-10)17(27)25-16(24-12)18(28)22-7-9-1-4-14-13(5-9)23-15(26)8-29-14/h1-6,19H,7-8H2,(H,22,28)(H,23,26)(H,24,25,27). The summed E-state index contributed by atoms with van der Waals surface area (Å²) in [6.45, 7) is -2.98. The fourth-order valence-electron chi connectivity index (χ4n) is 2.91. The van der Waals surface area contributed by atoms with Crippen LogP contribution < -0.4 is 25.7 Å². The van der Waals surface area contributed by atoms with Crippen LogP contribution in [0.1, 0.15) is 16.2 Å². The van der Waals surface area contributed by atoms with Crippen LogP contribution in [-0.4, -0.2) is 35.0 Å². The summed E-state index contributed by atoms with van der Waals surface area (Å²) in [5.74, 6) is -0.806. The number of amides is 2. The van der Waals surface area contributed by atoms with E-state index in [1.54, 1.807) is 18.2 Å². The molecule has 0 saturated carbocycles. The number of carbonyl (C=O) groups is 2. The van der Waals surface area contributed by atoms with Gasteiger partial charge in [0.1, 0.15) is 11.5 Å². The van der Waals surface area contributed by atoms with E-state index in [4.69, 9.17) is 4.74 Å². The molecule has 0 bridgehead atoms. The molecule has 2 heterocycles. The van der Waals surface area contributed by atoms with E-state index in [0.717, 1.165) is 6.07 Å². The molecule has 9 nitrogen and oxygen atoms in total. The first kappa shape index (κ1) is 19.3. The Balaban J connectivity index is 1.50. The van der Waals surface area contributed by atoms with Crippen molar-refractivity contribution in [1.82, 2.24) is 15.3 Å². The number of anilines is 1. The van der Waals surface area contributed by atoms with Crippen LogP contribution in [0.3, 0.4) is 0 Å². The number of nitrogens with one attached hydrogen (secondary N) is 3. The van der Waals surface area contributed by atoms with E-state index in [1.165, 1.54) is 12.1 Å². The number of H-pyrrole nitrogens is 1. The van der Waals surface area contributed by atoms with Gasteiger partial charge in [0.05, 0.1) is 16.6 Å². The normalized spacial score (nSPS) is 12.8. The molecule has 1 aliphatic rings. The second kappa shape index (κ2) is 7.78. The molecule has 0 saturated heterocycles. The number of aromatic amines is 1. The van der Waals surface area contributed by atoms with Gasteiger partial charge in [-0.1, -0.05) is 6.07 Å². The van der Waals surface area contributed by atoms with Crippen molar-refractivity contribution in [2.75, 3.05) is 11.9 Å². The van der Waals surface area contributed by atoms with Gasteiger partial charge < -0.3 is 25.1 Å². The molecule has 30 heavy (non-hydrogen) atoms. The van der Waals surface area contributed by atoms with E-state index < -0.39 is 18.1 Å². The summed E-state index contributed by atoms with van der Waals surface area (Å²) in [6, 6.07) is 8.72. The van der Waals surface area contributed by atoms with Crippen LogP contribution in [0, 0.1) is 0 Å². The number of aromatic nitrogens is 2. The smallest absolute Gasteiger partial charge is 0.387 e. The molecule has 11 heteroatoms. The zero-order valence-corrected chi connectivity index (χ0v) is 15.2. The Morgan fingerprint density at radius 1 is 1.23 bits per heavy atom. The van der Waals surface area contributed by atoms with Crippen molar-refractivity contribution in [3.63, 3.8) is 0 Å². The molecule has 0 spiro atoms. The minimum atomic E-state index is -3.02. The highest BCUT2D eigenvalue weighted by Crippen LogP contribution is 2.28. The largest absolute Gasteiger partial charge is 0.482 e. The molecule has 0 unspecified atom stereocenters. The molecule has 2 amide bonds. The van der Waals surface area contributed by atoms with Gasteiger partial charge in [0, 0.05) is 6.54 Å². The molecule has 4 rings (SSSR count). The Kier molecular flexibility index (Phi) is 5.00. The zero-order valence-electron chi connectivity index (χ0n) is 15.2. The maximum atomic E-state index is 12.4. The van der Waals surface area contributed by atoms with Gasteiger partial charge in [0.15, 0.2) is 12.4 Å². The first-order chi connectivity index (χ1) is 14.4. The van der Waals surface area contributed by atoms with Crippen molar-refractivity contribution in [2.45, 2.75) is 13.2 Å². The predicted octanol–water partition coefficient (Wildman–Crippen LogP) is 1.79. The number of rotatable bonds is 5. The molecule has 3 N–H and O–H groups in total. The van der Waals surface area contributed by atoms with Crippen molar-refractivity contribution >= 4 is 28.4 Å². The van der Waals surface area contributed by atoms with E-state index in [1.807, 2.05) is 0 Å². The first-order valence-electron chi connectivity index (χ1n) is 8.72.